The molecule has 10 heteroatoms. The molecule has 170 valence electrons. The van der Waals surface area contributed by atoms with Crippen LogP contribution >= 0.6 is 0 Å². The van der Waals surface area contributed by atoms with Gasteiger partial charge in [-0.3, -0.25) is 9.36 Å². The van der Waals surface area contributed by atoms with Gasteiger partial charge in [-0.05, 0) is 24.1 Å². The van der Waals surface area contributed by atoms with Crippen molar-refractivity contribution in [3.63, 3.8) is 0 Å². The number of hydrogen-bond acceptors (Lipinski definition) is 8. The molecule has 0 atom stereocenters. The molecule has 0 bridgehead atoms. The fourth-order valence-electron chi connectivity index (χ4n) is 3.42. The van der Waals surface area contributed by atoms with Gasteiger partial charge in [0.25, 0.3) is 11.4 Å². The molecule has 1 aromatic carbocycles. The van der Waals surface area contributed by atoms with Crippen molar-refractivity contribution in [3.8, 4) is 17.3 Å². The Morgan fingerprint density at radius 1 is 1.16 bits per heavy atom. The molecule has 1 aliphatic rings. The van der Waals surface area contributed by atoms with Crippen molar-refractivity contribution in [1.82, 2.24) is 19.7 Å². The first-order chi connectivity index (χ1) is 15.6. The maximum Gasteiger partial charge on any atom is 0.297 e. The minimum Gasteiger partial charge on any atom is -0.486 e. The van der Waals surface area contributed by atoms with Crippen LogP contribution in [0.25, 0.3) is 11.6 Å². The number of halogens is 1. The molecule has 4 rings (SSSR count). The highest BCUT2D eigenvalue weighted by atomic mass is 19.1. The summed E-state index contributed by atoms with van der Waals surface area (Å²) in [6.07, 6.45) is 2.09. The van der Waals surface area contributed by atoms with Crippen LogP contribution in [0.1, 0.15) is 31.2 Å². The topological polar surface area (TPSA) is 95.5 Å². The molecule has 0 unspecified atom stereocenters. The van der Waals surface area contributed by atoms with E-state index in [9.17, 15) is 9.18 Å². The Bertz CT molecular complexity index is 1110. The minimum absolute atomic E-state index is 0.0925. The van der Waals surface area contributed by atoms with Crippen LogP contribution in [-0.4, -0.2) is 52.6 Å². The van der Waals surface area contributed by atoms with Crippen LogP contribution in [0.3, 0.4) is 0 Å². The second-order valence-corrected chi connectivity index (χ2v) is 7.57. The van der Waals surface area contributed by atoms with Crippen LogP contribution in [0.5, 0.6) is 5.75 Å². The molecule has 3 heterocycles. The molecule has 32 heavy (non-hydrogen) atoms. The van der Waals surface area contributed by atoms with E-state index >= 15 is 0 Å². The highest BCUT2D eigenvalue weighted by Crippen LogP contribution is 2.27. The molecular weight excluding hydrogens is 417 g/mol. The van der Waals surface area contributed by atoms with Gasteiger partial charge < -0.3 is 18.9 Å². The molecule has 1 saturated heterocycles. The van der Waals surface area contributed by atoms with E-state index in [0.29, 0.717) is 51.1 Å². The molecule has 3 aromatic rings. The van der Waals surface area contributed by atoms with E-state index in [-0.39, 0.29) is 28.7 Å². The fourth-order valence-corrected chi connectivity index (χ4v) is 3.42. The lowest BCUT2D eigenvalue weighted by molar-refractivity contribution is 0.121. The van der Waals surface area contributed by atoms with Crippen molar-refractivity contribution in [3.05, 3.63) is 51.8 Å². The smallest absolute Gasteiger partial charge is 0.297 e. The van der Waals surface area contributed by atoms with Crippen LogP contribution < -0.4 is 15.2 Å². The molecule has 9 nitrogen and oxygen atoms in total. The van der Waals surface area contributed by atoms with Crippen molar-refractivity contribution in [2.75, 3.05) is 37.8 Å². The van der Waals surface area contributed by atoms with Crippen LogP contribution in [-0.2, 0) is 18.2 Å². The molecular formula is C22H26FN5O4. The Balaban J connectivity index is 1.70. The zero-order valence-corrected chi connectivity index (χ0v) is 18.2. The molecule has 0 saturated carbocycles. The fraction of sp³-hybridized carbons (Fsp3) is 0.455. The highest BCUT2D eigenvalue weighted by Gasteiger charge is 2.25. The van der Waals surface area contributed by atoms with Crippen LogP contribution in [0.4, 0.5) is 10.3 Å². The van der Waals surface area contributed by atoms with Gasteiger partial charge >= 0.3 is 0 Å². The number of ether oxygens (including phenoxy) is 2. The van der Waals surface area contributed by atoms with Crippen molar-refractivity contribution in [1.29, 1.82) is 0 Å². The van der Waals surface area contributed by atoms with Gasteiger partial charge in [-0.25, -0.2) is 9.37 Å². The zero-order valence-electron chi connectivity index (χ0n) is 18.2. The second kappa shape index (κ2) is 9.90. The van der Waals surface area contributed by atoms with E-state index in [1.165, 1.54) is 16.7 Å². The van der Waals surface area contributed by atoms with Crippen LogP contribution in [0.15, 0.2) is 33.6 Å². The molecule has 1 aliphatic heterocycles. The van der Waals surface area contributed by atoms with Gasteiger partial charge in [0.15, 0.2) is 11.5 Å². The van der Waals surface area contributed by atoms with Crippen LogP contribution in [0.2, 0.25) is 0 Å². The third-order valence-corrected chi connectivity index (χ3v) is 5.21. The molecule has 0 spiro atoms. The summed E-state index contributed by atoms with van der Waals surface area (Å²) in [7, 11) is 1.67. The normalized spacial score (nSPS) is 14.0. The Morgan fingerprint density at radius 2 is 1.91 bits per heavy atom. The summed E-state index contributed by atoms with van der Waals surface area (Å²) in [5.41, 5.74) is 0.749. The SMILES string of the molecule is CCCCOc1c(-c2nc(Cc3ccc(F)cc3)no2)nc(N2CCOCC2)n(C)c1=O. The first-order valence-electron chi connectivity index (χ1n) is 10.7. The van der Waals surface area contributed by atoms with Gasteiger partial charge in [0.05, 0.1) is 19.8 Å². The van der Waals surface area contributed by atoms with Gasteiger partial charge in [-0.1, -0.05) is 30.6 Å². The Kier molecular flexibility index (Phi) is 6.79. The Hall–Kier alpha value is -3.27. The third-order valence-electron chi connectivity index (χ3n) is 5.21. The summed E-state index contributed by atoms with van der Waals surface area (Å²) in [6.45, 7) is 4.78. The van der Waals surface area contributed by atoms with Gasteiger partial charge in [-0.2, -0.15) is 4.98 Å². The first kappa shape index (κ1) is 21.9. The second-order valence-electron chi connectivity index (χ2n) is 7.57. The maximum atomic E-state index is 13.2. The van der Waals surface area contributed by atoms with Gasteiger partial charge in [0.2, 0.25) is 11.7 Å². The number of morpholine rings is 1. The van der Waals surface area contributed by atoms with E-state index < -0.39 is 0 Å². The molecule has 0 N–H and O–H groups in total. The van der Waals surface area contributed by atoms with E-state index in [4.69, 9.17) is 19.0 Å². The largest absolute Gasteiger partial charge is 0.486 e. The van der Waals surface area contributed by atoms with Crippen LogP contribution in [0, 0.1) is 5.82 Å². The Labute approximate surface area is 184 Å². The van der Waals surface area contributed by atoms with Gasteiger partial charge in [0, 0.05) is 26.6 Å². The van der Waals surface area contributed by atoms with Crippen molar-refractivity contribution in [2.24, 2.45) is 7.05 Å². The summed E-state index contributed by atoms with van der Waals surface area (Å²) in [5.74, 6) is 0.795. The molecule has 0 aliphatic carbocycles. The molecule has 2 aromatic heterocycles. The maximum absolute atomic E-state index is 13.2. The third kappa shape index (κ3) is 4.80. The number of hydrogen-bond donors (Lipinski definition) is 0. The molecule has 1 fully saturated rings. The number of aromatic nitrogens is 4. The van der Waals surface area contributed by atoms with E-state index in [0.717, 1.165) is 18.4 Å². The molecule has 0 amide bonds. The van der Waals surface area contributed by atoms with E-state index in [1.54, 1.807) is 19.2 Å². The highest BCUT2D eigenvalue weighted by molar-refractivity contribution is 5.59. The van der Waals surface area contributed by atoms with Gasteiger partial charge in [-0.15, -0.1) is 0 Å². The predicted octanol–water partition coefficient (Wildman–Crippen LogP) is 2.58. The summed E-state index contributed by atoms with van der Waals surface area (Å²) in [5, 5.41) is 4.02. The summed E-state index contributed by atoms with van der Waals surface area (Å²) in [4.78, 5) is 24.3. The van der Waals surface area contributed by atoms with Crippen molar-refractivity contribution >= 4 is 5.95 Å². The zero-order chi connectivity index (χ0) is 22.5. The number of rotatable bonds is 8. The lowest BCUT2D eigenvalue weighted by Gasteiger charge is -2.29. The number of nitrogens with zero attached hydrogens (tertiary/aromatic N) is 5. The Morgan fingerprint density at radius 3 is 2.62 bits per heavy atom. The summed E-state index contributed by atoms with van der Waals surface area (Å²) < 4.78 is 31.3. The van der Waals surface area contributed by atoms with E-state index in [1.807, 2.05) is 11.8 Å². The summed E-state index contributed by atoms with van der Waals surface area (Å²) >= 11 is 0. The monoisotopic (exact) mass is 443 g/mol. The van der Waals surface area contributed by atoms with Gasteiger partial charge in [0.1, 0.15) is 5.82 Å². The van der Waals surface area contributed by atoms with Crippen molar-refractivity contribution in [2.45, 2.75) is 26.2 Å². The minimum atomic E-state index is -0.314. The van der Waals surface area contributed by atoms with Crippen molar-refractivity contribution < 1.29 is 18.4 Å². The predicted molar refractivity (Wildman–Crippen MR) is 115 cm³/mol. The average Bonchev–Trinajstić information content (AvgIpc) is 3.27. The molecule has 0 radical (unpaired) electrons. The standard InChI is InChI=1S/C22H26FN5O4/c1-3-4-11-31-19-18(25-22(27(2)21(19)29)28-9-12-30-13-10-28)20-24-17(26-32-20)14-15-5-7-16(23)8-6-15/h5-8H,3-4,9-14H2,1-2H3. The first-order valence-corrected chi connectivity index (χ1v) is 10.7. The van der Waals surface area contributed by atoms with E-state index in [2.05, 4.69) is 10.1 Å². The number of benzene rings is 1. The number of anilines is 1. The lowest BCUT2D eigenvalue weighted by Crippen LogP contribution is -2.40. The quantitative estimate of drug-likeness (QED) is 0.490. The average molecular weight is 443 g/mol. The lowest BCUT2D eigenvalue weighted by atomic mass is 10.1. The number of unbranched alkanes of at least 4 members (excludes halogenated alkanes) is 1. The summed E-state index contributed by atoms with van der Waals surface area (Å²) in [6, 6.07) is 6.09.